The van der Waals surface area contributed by atoms with Gasteiger partial charge in [0.25, 0.3) is 0 Å². The molecule has 0 bridgehead atoms. The lowest BCUT2D eigenvalue weighted by Crippen LogP contribution is -2.28. The van der Waals surface area contributed by atoms with Crippen LogP contribution in [0.5, 0.6) is 0 Å². The molecule has 1 N–H and O–H groups in total. The van der Waals surface area contributed by atoms with Crippen LogP contribution in [-0.4, -0.2) is 11.1 Å². The third-order valence-electron chi connectivity index (χ3n) is 3.50. The summed E-state index contributed by atoms with van der Waals surface area (Å²) in [7, 11) is 0. The van der Waals surface area contributed by atoms with Gasteiger partial charge < -0.3 is 5.11 Å². The first-order valence-corrected chi connectivity index (χ1v) is 7.26. The first kappa shape index (κ1) is 14.8. The smallest absolute Gasteiger partial charge is 0.313 e. The van der Waals surface area contributed by atoms with E-state index in [4.69, 9.17) is 0 Å². The second-order valence-electron chi connectivity index (χ2n) is 5.43. The zero-order chi connectivity index (χ0) is 14.8. The quantitative estimate of drug-likeness (QED) is 0.900. The minimum absolute atomic E-state index is 0.802. The molecule has 2 rings (SSSR count). The molecule has 20 heavy (non-hydrogen) atoms. The number of hydrogen-bond acceptors (Lipinski definition) is 1. The van der Waals surface area contributed by atoms with E-state index in [-0.39, 0.29) is 0 Å². The largest absolute Gasteiger partial charge is 0.481 e. The Hall–Kier alpha value is -1.61. The molecular weight excluding hydrogens is 316 g/mol. The molecule has 0 radical (unpaired) electrons. The SMILES string of the molecule is CC(C)(C(=O)O)c1cccc(Cc2ccc(Br)cc2)c1. The van der Waals surface area contributed by atoms with Gasteiger partial charge >= 0.3 is 5.97 Å². The Bertz CT molecular complexity index is 615. The van der Waals surface area contributed by atoms with Crippen LogP contribution in [0.4, 0.5) is 0 Å². The van der Waals surface area contributed by atoms with Crippen LogP contribution >= 0.6 is 15.9 Å². The average molecular weight is 333 g/mol. The molecule has 0 saturated heterocycles. The van der Waals surface area contributed by atoms with Gasteiger partial charge in [-0.1, -0.05) is 52.3 Å². The van der Waals surface area contributed by atoms with Crippen molar-refractivity contribution in [3.63, 3.8) is 0 Å². The molecule has 0 spiro atoms. The molecule has 0 amide bonds. The van der Waals surface area contributed by atoms with Crippen molar-refractivity contribution < 1.29 is 9.90 Å². The van der Waals surface area contributed by atoms with Gasteiger partial charge in [0.15, 0.2) is 0 Å². The van der Waals surface area contributed by atoms with Crippen molar-refractivity contribution in [2.24, 2.45) is 0 Å². The molecule has 0 aliphatic heterocycles. The maximum atomic E-state index is 11.3. The number of rotatable bonds is 4. The molecular formula is C17H17BrO2. The highest BCUT2D eigenvalue weighted by atomic mass is 79.9. The summed E-state index contributed by atoms with van der Waals surface area (Å²) in [4.78, 5) is 11.3. The Morgan fingerprint density at radius 3 is 2.35 bits per heavy atom. The van der Waals surface area contributed by atoms with Gasteiger partial charge in [-0.2, -0.15) is 0 Å². The summed E-state index contributed by atoms with van der Waals surface area (Å²) in [6.45, 7) is 3.46. The van der Waals surface area contributed by atoms with Crippen LogP contribution in [0, 0.1) is 0 Å². The fourth-order valence-electron chi connectivity index (χ4n) is 2.03. The third-order valence-corrected chi connectivity index (χ3v) is 4.03. The summed E-state index contributed by atoms with van der Waals surface area (Å²) in [6.07, 6.45) is 0.802. The van der Waals surface area contributed by atoms with Gasteiger partial charge in [0.05, 0.1) is 5.41 Å². The van der Waals surface area contributed by atoms with Gasteiger partial charge in [-0.05, 0) is 49.1 Å². The predicted octanol–water partition coefficient (Wildman–Crippen LogP) is 4.40. The van der Waals surface area contributed by atoms with Crippen LogP contribution in [0.1, 0.15) is 30.5 Å². The van der Waals surface area contributed by atoms with Gasteiger partial charge in [-0.25, -0.2) is 0 Å². The molecule has 0 heterocycles. The van der Waals surface area contributed by atoms with E-state index in [0.717, 1.165) is 22.0 Å². The lowest BCUT2D eigenvalue weighted by Gasteiger charge is -2.20. The fraction of sp³-hybridized carbons (Fsp3) is 0.235. The van der Waals surface area contributed by atoms with Crippen LogP contribution < -0.4 is 0 Å². The van der Waals surface area contributed by atoms with Crippen molar-refractivity contribution in [2.75, 3.05) is 0 Å². The highest BCUT2D eigenvalue weighted by molar-refractivity contribution is 9.10. The summed E-state index contributed by atoms with van der Waals surface area (Å²) >= 11 is 3.42. The van der Waals surface area contributed by atoms with Crippen LogP contribution in [0.3, 0.4) is 0 Å². The Morgan fingerprint density at radius 2 is 1.75 bits per heavy atom. The average Bonchev–Trinajstić information content (AvgIpc) is 2.41. The number of halogens is 1. The lowest BCUT2D eigenvalue weighted by molar-refractivity contribution is -0.142. The molecule has 0 aliphatic rings. The standard InChI is InChI=1S/C17H17BrO2/c1-17(2,16(19)20)14-5-3-4-13(11-14)10-12-6-8-15(18)9-7-12/h3-9,11H,10H2,1-2H3,(H,19,20). The predicted molar refractivity (Wildman–Crippen MR) is 84.1 cm³/mol. The number of aliphatic carboxylic acids is 1. The molecule has 2 aromatic carbocycles. The second-order valence-corrected chi connectivity index (χ2v) is 6.35. The third kappa shape index (κ3) is 3.28. The van der Waals surface area contributed by atoms with Gasteiger partial charge in [0.2, 0.25) is 0 Å². The van der Waals surface area contributed by atoms with Gasteiger partial charge in [0.1, 0.15) is 0 Å². The number of carboxylic acids is 1. The molecule has 0 unspecified atom stereocenters. The van der Waals surface area contributed by atoms with Crippen molar-refractivity contribution in [3.8, 4) is 0 Å². The van der Waals surface area contributed by atoms with Crippen LogP contribution in [-0.2, 0) is 16.6 Å². The van der Waals surface area contributed by atoms with E-state index in [9.17, 15) is 9.90 Å². The first-order chi connectivity index (χ1) is 9.39. The Morgan fingerprint density at radius 1 is 1.10 bits per heavy atom. The van der Waals surface area contributed by atoms with Gasteiger partial charge in [-0.15, -0.1) is 0 Å². The van der Waals surface area contributed by atoms with Crippen LogP contribution in [0.2, 0.25) is 0 Å². The molecule has 0 aromatic heterocycles. The molecule has 3 heteroatoms. The lowest BCUT2D eigenvalue weighted by atomic mass is 9.83. The Balaban J connectivity index is 2.26. The van der Waals surface area contributed by atoms with E-state index < -0.39 is 11.4 Å². The van der Waals surface area contributed by atoms with Gasteiger partial charge in [0, 0.05) is 4.47 Å². The van der Waals surface area contributed by atoms with Crippen molar-refractivity contribution in [2.45, 2.75) is 25.7 Å². The summed E-state index contributed by atoms with van der Waals surface area (Å²) in [5, 5.41) is 9.30. The second kappa shape index (κ2) is 5.80. The minimum atomic E-state index is -0.865. The zero-order valence-electron chi connectivity index (χ0n) is 11.6. The maximum absolute atomic E-state index is 11.3. The molecule has 0 fully saturated rings. The fourth-order valence-corrected chi connectivity index (χ4v) is 2.30. The van der Waals surface area contributed by atoms with E-state index in [1.54, 1.807) is 13.8 Å². The topological polar surface area (TPSA) is 37.3 Å². The van der Waals surface area contributed by atoms with E-state index >= 15 is 0 Å². The van der Waals surface area contributed by atoms with E-state index in [1.165, 1.54) is 5.56 Å². The van der Waals surface area contributed by atoms with E-state index in [0.29, 0.717) is 0 Å². The minimum Gasteiger partial charge on any atom is -0.481 e. The summed E-state index contributed by atoms with van der Waals surface area (Å²) in [6, 6.07) is 16.0. The Labute approximate surface area is 127 Å². The first-order valence-electron chi connectivity index (χ1n) is 6.47. The van der Waals surface area contributed by atoms with Crippen molar-refractivity contribution in [1.82, 2.24) is 0 Å². The highest BCUT2D eigenvalue weighted by Gasteiger charge is 2.29. The van der Waals surface area contributed by atoms with E-state index in [1.807, 2.05) is 36.4 Å². The highest BCUT2D eigenvalue weighted by Crippen LogP contribution is 2.25. The molecule has 0 saturated carbocycles. The normalized spacial score (nSPS) is 11.3. The number of carboxylic acid groups (broad SMARTS) is 1. The van der Waals surface area contributed by atoms with Crippen LogP contribution in [0.15, 0.2) is 53.0 Å². The van der Waals surface area contributed by atoms with E-state index in [2.05, 4.69) is 28.1 Å². The Kier molecular flexibility index (Phi) is 4.29. The molecule has 0 atom stereocenters. The van der Waals surface area contributed by atoms with Crippen molar-refractivity contribution in [1.29, 1.82) is 0 Å². The molecule has 104 valence electrons. The maximum Gasteiger partial charge on any atom is 0.313 e. The number of benzene rings is 2. The zero-order valence-corrected chi connectivity index (χ0v) is 13.1. The molecule has 0 aliphatic carbocycles. The van der Waals surface area contributed by atoms with Crippen molar-refractivity contribution in [3.05, 3.63) is 69.7 Å². The number of hydrogen-bond donors (Lipinski definition) is 1. The molecule has 2 nitrogen and oxygen atoms in total. The molecule has 2 aromatic rings. The van der Waals surface area contributed by atoms with Gasteiger partial charge in [-0.3, -0.25) is 4.79 Å². The summed E-state index contributed by atoms with van der Waals surface area (Å²) in [5.74, 6) is -0.807. The monoisotopic (exact) mass is 332 g/mol. The number of carbonyl (C=O) groups is 1. The summed E-state index contributed by atoms with van der Waals surface area (Å²) < 4.78 is 1.06. The van der Waals surface area contributed by atoms with Crippen LogP contribution in [0.25, 0.3) is 0 Å². The summed E-state index contributed by atoms with van der Waals surface area (Å²) in [5.41, 5.74) is 2.30. The van der Waals surface area contributed by atoms with Crippen molar-refractivity contribution >= 4 is 21.9 Å².